The van der Waals surface area contributed by atoms with Crippen molar-refractivity contribution in [2.45, 2.75) is 19.9 Å². The SMILES string of the molecule is Cc1cccc(C(N)=S)c1NCC(C)N(C)C. The van der Waals surface area contributed by atoms with Crippen LogP contribution in [0.3, 0.4) is 0 Å². The quantitative estimate of drug-likeness (QED) is 0.785. The van der Waals surface area contributed by atoms with E-state index in [9.17, 15) is 0 Å². The van der Waals surface area contributed by atoms with Gasteiger partial charge in [-0.05, 0) is 39.6 Å². The lowest BCUT2D eigenvalue weighted by molar-refractivity contribution is 0.326. The number of thiocarbonyl (C=S) groups is 1. The van der Waals surface area contributed by atoms with Gasteiger partial charge < -0.3 is 16.0 Å². The summed E-state index contributed by atoms with van der Waals surface area (Å²) in [6, 6.07) is 6.45. The fourth-order valence-corrected chi connectivity index (χ4v) is 1.71. The van der Waals surface area contributed by atoms with Gasteiger partial charge in [0, 0.05) is 23.8 Å². The summed E-state index contributed by atoms with van der Waals surface area (Å²) in [6.45, 7) is 5.10. The first-order valence-electron chi connectivity index (χ1n) is 5.73. The number of nitrogens with two attached hydrogens (primary N) is 1. The molecule has 0 aliphatic heterocycles. The minimum absolute atomic E-state index is 0.439. The van der Waals surface area contributed by atoms with Crippen LogP contribution in [0.5, 0.6) is 0 Å². The molecule has 3 N–H and O–H groups in total. The van der Waals surface area contributed by atoms with E-state index in [4.69, 9.17) is 18.0 Å². The lowest BCUT2D eigenvalue weighted by Gasteiger charge is -2.22. The van der Waals surface area contributed by atoms with E-state index in [2.05, 4.69) is 44.2 Å². The van der Waals surface area contributed by atoms with E-state index in [0.29, 0.717) is 11.0 Å². The third-order valence-corrected chi connectivity index (χ3v) is 3.21. The third kappa shape index (κ3) is 3.68. The minimum atomic E-state index is 0.439. The molecule has 17 heavy (non-hydrogen) atoms. The molecule has 0 heterocycles. The van der Waals surface area contributed by atoms with Crippen LogP contribution in [0.4, 0.5) is 5.69 Å². The van der Waals surface area contributed by atoms with Gasteiger partial charge in [0.2, 0.25) is 0 Å². The number of hydrogen-bond acceptors (Lipinski definition) is 3. The van der Waals surface area contributed by atoms with Gasteiger partial charge in [0.05, 0.1) is 0 Å². The predicted molar refractivity (Wildman–Crippen MR) is 78.7 cm³/mol. The molecule has 0 aliphatic rings. The first kappa shape index (κ1) is 13.9. The summed E-state index contributed by atoms with van der Waals surface area (Å²) in [5, 5.41) is 3.43. The van der Waals surface area contributed by atoms with Crippen molar-refractivity contribution in [3.63, 3.8) is 0 Å². The molecular formula is C13H21N3S. The van der Waals surface area contributed by atoms with E-state index in [1.165, 1.54) is 5.56 Å². The molecule has 0 fully saturated rings. The maximum Gasteiger partial charge on any atom is 0.106 e. The fourth-order valence-electron chi connectivity index (χ4n) is 1.54. The molecule has 4 heteroatoms. The number of anilines is 1. The van der Waals surface area contributed by atoms with Crippen LogP contribution < -0.4 is 11.1 Å². The zero-order valence-corrected chi connectivity index (χ0v) is 11.8. The van der Waals surface area contributed by atoms with E-state index >= 15 is 0 Å². The molecule has 0 radical (unpaired) electrons. The van der Waals surface area contributed by atoms with Gasteiger partial charge >= 0.3 is 0 Å². The van der Waals surface area contributed by atoms with E-state index in [1.807, 2.05) is 12.1 Å². The Morgan fingerprint density at radius 1 is 1.47 bits per heavy atom. The van der Waals surface area contributed by atoms with Crippen LogP contribution in [0.25, 0.3) is 0 Å². The Hall–Kier alpha value is -1.13. The van der Waals surface area contributed by atoms with Crippen molar-refractivity contribution in [2.24, 2.45) is 5.73 Å². The molecule has 3 nitrogen and oxygen atoms in total. The normalized spacial score (nSPS) is 12.5. The summed E-state index contributed by atoms with van der Waals surface area (Å²) in [5.41, 5.74) is 8.87. The lowest BCUT2D eigenvalue weighted by atomic mass is 10.1. The lowest BCUT2D eigenvalue weighted by Crippen LogP contribution is -2.32. The van der Waals surface area contributed by atoms with Gasteiger partial charge in [-0.2, -0.15) is 0 Å². The molecule has 0 aliphatic carbocycles. The molecule has 0 spiro atoms. The molecule has 0 saturated heterocycles. The summed E-state index contributed by atoms with van der Waals surface area (Å²) in [5.74, 6) is 0. The molecule has 0 amide bonds. The molecule has 1 aromatic carbocycles. The van der Waals surface area contributed by atoms with Gasteiger partial charge in [0.25, 0.3) is 0 Å². The largest absolute Gasteiger partial charge is 0.389 e. The van der Waals surface area contributed by atoms with E-state index in [0.717, 1.165) is 17.8 Å². The van der Waals surface area contributed by atoms with Crippen molar-refractivity contribution in [3.8, 4) is 0 Å². The average molecular weight is 251 g/mol. The van der Waals surface area contributed by atoms with E-state index in [-0.39, 0.29) is 0 Å². The summed E-state index contributed by atoms with van der Waals surface area (Å²) >= 11 is 5.07. The number of rotatable bonds is 5. The van der Waals surface area contributed by atoms with Crippen molar-refractivity contribution in [1.29, 1.82) is 0 Å². The van der Waals surface area contributed by atoms with Gasteiger partial charge in [-0.15, -0.1) is 0 Å². The Labute approximate surface area is 109 Å². The molecule has 0 bridgehead atoms. The second kappa shape index (κ2) is 5.98. The number of aryl methyl sites for hydroxylation is 1. The second-order valence-corrected chi connectivity index (χ2v) is 5.00. The summed E-state index contributed by atoms with van der Waals surface area (Å²) in [6.07, 6.45) is 0. The smallest absolute Gasteiger partial charge is 0.106 e. The Kier molecular flexibility index (Phi) is 4.90. The Morgan fingerprint density at radius 2 is 2.12 bits per heavy atom. The Balaban J connectivity index is 2.86. The molecule has 1 unspecified atom stereocenters. The summed E-state index contributed by atoms with van der Waals surface area (Å²) in [7, 11) is 4.14. The second-order valence-electron chi connectivity index (χ2n) is 4.56. The predicted octanol–water partition coefficient (Wildman–Crippen LogP) is 1.99. The highest BCUT2D eigenvalue weighted by Crippen LogP contribution is 2.20. The topological polar surface area (TPSA) is 41.3 Å². The Bertz CT molecular complexity index is 402. The van der Waals surface area contributed by atoms with Crippen molar-refractivity contribution in [2.75, 3.05) is 26.0 Å². The van der Waals surface area contributed by atoms with E-state index < -0.39 is 0 Å². The first-order chi connectivity index (χ1) is 7.93. The molecule has 1 rings (SSSR count). The van der Waals surface area contributed by atoms with Crippen molar-refractivity contribution in [1.82, 2.24) is 4.90 Å². The van der Waals surface area contributed by atoms with Gasteiger partial charge in [-0.25, -0.2) is 0 Å². The van der Waals surface area contributed by atoms with Gasteiger partial charge in [-0.1, -0.05) is 24.4 Å². The van der Waals surface area contributed by atoms with Crippen LogP contribution in [0, 0.1) is 6.92 Å². The van der Waals surface area contributed by atoms with Crippen LogP contribution in [0.1, 0.15) is 18.1 Å². The zero-order valence-electron chi connectivity index (χ0n) is 10.9. The van der Waals surface area contributed by atoms with Crippen LogP contribution in [-0.4, -0.2) is 36.6 Å². The van der Waals surface area contributed by atoms with Crippen molar-refractivity contribution >= 4 is 22.9 Å². The maximum atomic E-state index is 5.73. The molecule has 94 valence electrons. The van der Waals surface area contributed by atoms with Crippen LogP contribution in [-0.2, 0) is 0 Å². The highest BCUT2D eigenvalue weighted by atomic mass is 32.1. The van der Waals surface area contributed by atoms with Crippen molar-refractivity contribution < 1.29 is 0 Å². The van der Waals surface area contributed by atoms with Gasteiger partial charge in [-0.3, -0.25) is 0 Å². The highest BCUT2D eigenvalue weighted by molar-refractivity contribution is 7.80. The summed E-state index contributed by atoms with van der Waals surface area (Å²) in [4.78, 5) is 2.61. The molecule has 0 aromatic heterocycles. The van der Waals surface area contributed by atoms with Crippen LogP contribution in [0.2, 0.25) is 0 Å². The van der Waals surface area contributed by atoms with Crippen LogP contribution >= 0.6 is 12.2 Å². The minimum Gasteiger partial charge on any atom is -0.389 e. The molecule has 1 aromatic rings. The standard InChI is InChI=1S/C13H21N3S/c1-9-6-5-7-11(13(14)17)12(9)15-8-10(2)16(3)4/h5-7,10,15H,8H2,1-4H3,(H2,14,17). The van der Waals surface area contributed by atoms with Crippen LogP contribution in [0.15, 0.2) is 18.2 Å². The Morgan fingerprint density at radius 3 is 2.65 bits per heavy atom. The molecule has 1 atom stereocenters. The summed E-state index contributed by atoms with van der Waals surface area (Å²) < 4.78 is 0. The average Bonchev–Trinajstić information content (AvgIpc) is 2.26. The third-order valence-electron chi connectivity index (χ3n) is 2.99. The van der Waals surface area contributed by atoms with Gasteiger partial charge in [0.15, 0.2) is 0 Å². The van der Waals surface area contributed by atoms with Gasteiger partial charge in [0.1, 0.15) is 4.99 Å². The van der Waals surface area contributed by atoms with Crippen molar-refractivity contribution in [3.05, 3.63) is 29.3 Å². The zero-order chi connectivity index (χ0) is 13.0. The number of nitrogens with zero attached hydrogens (tertiary/aromatic N) is 1. The number of para-hydroxylation sites is 1. The monoisotopic (exact) mass is 251 g/mol. The number of hydrogen-bond donors (Lipinski definition) is 2. The first-order valence-corrected chi connectivity index (χ1v) is 6.14. The number of likely N-dealkylation sites (N-methyl/N-ethyl adjacent to an activating group) is 1. The van der Waals surface area contributed by atoms with E-state index in [1.54, 1.807) is 0 Å². The molecule has 0 saturated carbocycles. The number of nitrogens with one attached hydrogen (secondary N) is 1. The highest BCUT2D eigenvalue weighted by Gasteiger charge is 2.09. The number of benzene rings is 1. The molecular weight excluding hydrogens is 230 g/mol. The maximum absolute atomic E-state index is 5.73. The fraction of sp³-hybridized carbons (Fsp3) is 0.462.